The van der Waals surface area contributed by atoms with Gasteiger partial charge in [0.25, 0.3) is 5.69 Å². The number of hydrogen-bond acceptors (Lipinski definition) is 15. The van der Waals surface area contributed by atoms with E-state index in [9.17, 15) is 29.6 Å². The first-order valence-electron chi connectivity index (χ1n) is 19.9. The van der Waals surface area contributed by atoms with Gasteiger partial charge in [0, 0.05) is 23.9 Å². The summed E-state index contributed by atoms with van der Waals surface area (Å²) in [6, 6.07) is 12.7. The Morgan fingerprint density at radius 3 is 2.36 bits per heavy atom. The highest BCUT2D eigenvalue weighted by Crippen LogP contribution is 2.45. The normalized spacial score (nSPS) is 16.8. The number of carbonyl (C=O) groups is 3. The molecule has 326 valence electrons. The topological polar surface area (TPSA) is 217 Å². The summed E-state index contributed by atoms with van der Waals surface area (Å²) in [5.41, 5.74) is 4.74. The average molecular weight is 878 g/mol. The number of anilines is 2. The number of pyridine rings is 1. The van der Waals surface area contributed by atoms with Crippen molar-refractivity contribution in [3.05, 3.63) is 81.6 Å². The molecule has 19 heteroatoms. The maximum atomic E-state index is 14.0. The third-order valence-electron chi connectivity index (χ3n) is 10.0. The smallest absolute Gasteiger partial charge is 0.288 e. The molecule has 2 aromatic carbocycles. The number of carbonyl (C=O) groups excluding carboxylic acids is 3. The van der Waals surface area contributed by atoms with Crippen LogP contribution in [0, 0.1) is 22.5 Å². The Kier molecular flexibility index (Phi) is 15.3. The zero-order valence-corrected chi connectivity index (χ0v) is 36.3. The van der Waals surface area contributed by atoms with Gasteiger partial charge in [-0.25, -0.2) is 9.97 Å². The summed E-state index contributed by atoms with van der Waals surface area (Å²) in [5, 5.41) is 30.7. The van der Waals surface area contributed by atoms with Crippen molar-refractivity contribution in [1.82, 2.24) is 25.5 Å². The molecule has 4 N–H and O–H groups in total. The molecule has 3 amide bonds. The molecular weight excluding hydrogens is 827 g/mol. The molecule has 4 aromatic rings. The van der Waals surface area contributed by atoms with Gasteiger partial charge in [-0.2, -0.15) is 0 Å². The second-order valence-corrected chi connectivity index (χ2v) is 17.6. The SMILES string of the molecule is Cc1ncsc1-c1ccc([C@H](C)NC(=O)[C@@H]2C[C@@H](O)CN2C(=O)C(NC(=O)COCCOCCOCCOc2ccc3c(c2)Sc2cc([N+](=O)[O-])cnc2N3)C(C)(C)C)cc1. The molecule has 0 saturated carbocycles. The van der Waals surface area contributed by atoms with Crippen LogP contribution in [0.2, 0.25) is 0 Å². The first kappa shape index (κ1) is 45.3. The van der Waals surface area contributed by atoms with E-state index < -0.39 is 40.3 Å². The maximum Gasteiger partial charge on any atom is 0.288 e. The van der Waals surface area contributed by atoms with Crippen molar-refractivity contribution in [2.75, 3.05) is 58.1 Å². The molecule has 0 aliphatic carbocycles. The molecule has 2 aliphatic rings. The standard InChI is InChI=1S/C42H51N7O10S2/c1-25(27-6-8-28(9-7-27)37-26(2)44-24-60-37)45-40(52)33-19-30(50)22-48(33)41(53)38(42(3,4)5)47-36(51)23-58-15-14-56-12-13-57-16-17-59-31-10-11-32-34(20-31)61-35-18-29(49(54)55)21-43-39(35)46-32/h6-11,18,20-21,24-25,30,33,38,50H,12-17,19,22-23H2,1-5H3,(H,43,46)(H,45,52)(H,47,51)/t25-,30+,33-,38?/m0/s1. The molecule has 0 radical (unpaired) electrons. The van der Waals surface area contributed by atoms with Gasteiger partial charge >= 0.3 is 0 Å². The molecule has 2 aromatic heterocycles. The number of rotatable bonds is 19. The number of aryl methyl sites for hydroxylation is 1. The van der Waals surface area contributed by atoms with Crippen molar-refractivity contribution >= 4 is 58.0 Å². The Hall–Kier alpha value is -5.18. The van der Waals surface area contributed by atoms with Crippen molar-refractivity contribution in [3.63, 3.8) is 0 Å². The van der Waals surface area contributed by atoms with Crippen LogP contribution in [0.4, 0.5) is 17.2 Å². The summed E-state index contributed by atoms with van der Waals surface area (Å²) >= 11 is 2.94. The Morgan fingerprint density at radius 2 is 1.69 bits per heavy atom. The molecular formula is C42H51N7O10S2. The second-order valence-electron chi connectivity index (χ2n) is 15.7. The monoisotopic (exact) mass is 877 g/mol. The van der Waals surface area contributed by atoms with E-state index in [0.717, 1.165) is 32.3 Å². The number of aromatic nitrogens is 2. The van der Waals surface area contributed by atoms with Gasteiger partial charge < -0.3 is 44.9 Å². The third-order valence-corrected chi connectivity index (χ3v) is 12.1. The van der Waals surface area contributed by atoms with Gasteiger partial charge in [-0.05, 0) is 48.6 Å². The van der Waals surface area contributed by atoms with Crippen molar-refractivity contribution in [2.24, 2.45) is 5.41 Å². The molecule has 6 rings (SSSR count). The van der Waals surface area contributed by atoms with Gasteiger partial charge in [-0.15, -0.1) is 11.3 Å². The maximum absolute atomic E-state index is 14.0. The minimum atomic E-state index is -0.980. The molecule has 61 heavy (non-hydrogen) atoms. The number of ether oxygens (including phenoxy) is 4. The van der Waals surface area contributed by atoms with Crippen molar-refractivity contribution < 1.29 is 43.4 Å². The molecule has 17 nitrogen and oxygen atoms in total. The fraction of sp³-hybridized carbons (Fsp3) is 0.452. The number of thiazole rings is 1. The number of β-amino-alcohol motifs (C(OH)–C–C–N with tert-alkyl or cyclic N) is 1. The van der Waals surface area contributed by atoms with E-state index in [1.807, 2.05) is 82.6 Å². The lowest BCUT2D eigenvalue weighted by Crippen LogP contribution is -2.58. The highest BCUT2D eigenvalue weighted by Gasteiger charge is 2.44. The van der Waals surface area contributed by atoms with Crippen LogP contribution in [0.25, 0.3) is 10.4 Å². The second kappa shape index (κ2) is 20.6. The molecule has 1 unspecified atom stereocenters. The largest absolute Gasteiger partial charge is 0.491 e. The molecule has 4 atom stereocenters. The lowest BCUT2D eigenvalue weighted by atomic mass is 9.85. The predicted octanol–water partition coefficient (Wildman–Crippen LogP) is 5.43. The summed E-state index contributed by atoms with van der Waals surface area (Å²) in [4.78, 5) is 63.6. The van der Waals surface area contributed by atoms with Crippen LogP contribution in [0.15, 0.2) is 70.0 Å². The lowest BCUT2D eigenvalue weighted by molar-refractivity contribution is -0.385. The number of nitro groups is 1. The van der Waals surface area contributed by atoms with E-state index in [2.05, 4.69) is 25.9 Å². The van der Waals surface area contributed by atoms with Crippen LogP contribution < -0.4 is 20.7 Å². The number of aliphatic hydroxyl groups excluding tert-OH is 1. The van der Waals surface area contributed by atoms with Crippen LogP contribution in [0.5, 0.6) is 5.75 Å². The number of nitrogens with one attached hydrogen (secondary N) is 3. The van der Waals surface area contributed by atoms with Crippen LogP contribution in [0.1, 0.15) is 51.4 Å². The van der Waals surface area contributed by atoms with Crippen molar-refractivity contribution in [2.45, 2.75) is 75.1 Å². The van der Waals surface area contributed by atoms with Gasteiger partial charge in [0.15, 0.2) is 0 Å². The summed E-state index contributed by atoms with van der Waals surface area (Å²) in [5.74, 6) is -0.146. The zero-order chi connectivity index (χ0) is 43.7. The number of nitrogens with zero attached hydrogens (tertiary/aromatic N) is 4. The number of aliphatic hydroxyl groups is 1. The number of benzene rings is 2. The molecule has 2 aliphatic heterocycles. The highest BCUT2D eigenvalue weighted by molar-refractivity contribution is 7.99. The lowest BCUT2D eigenvalue weighted by Gasteiger charge is -2.35. The molecule has 1 saturated heterocycles. The fourth-order valence-corrected chi connectivity index (χ4v) is 8.61. The predicted molar refractivity (Wildman–Crippen MR) is 229 cm³/mol. The number of hydrogen-bond donors (Lipinski definition) is 4. The first-order chi connectivity index (χ1) is 29.2. The van der Waals surface area contributed by atoms with Gasteiger partial charge in [0.05, 0.1) is 76.8 Å². The average Bonchev–Trinajstić information content (AvgIpc) is 3.85. The van der Waals surface area contributed by atoms with E-state index in [1.54, 1.807) is 11.3 Å². The van der Waals surface area contributed by atoms with Gasteiger partial charge in [0.1, 0.15) is 43.1 Å². The number of amides is 3. The fourth-order valence-electron chi connectivity index (χ4n) is 6.77. The van der Waals surface area contributed by atoms with E-state index >= 15 is 0 Å². The van der Waals surface area contributed by atoms with Gasteiger partial charge in [-0.3, -0.25) is 24.5 Å². The molecule has 0 spiro atoms. The van der Waals surface area contributed by atoms with Crippen LogP contribution in [0.3, 0.4) is 0 Å². The minimum Gasteiger partial charge on any atom is -0.491 e. The van der Waals surface area contributed by atoms with Crippen LogP contribution in [-0.4, -0.2) is 114 Å². The number of fused-ring (bicyclic) bond motifs is 2. The Labute approximate surface area is 362 Å². The minimum absolute atomic E-state index is 0.0293. The first-order valence-corrected chi connectivity index (χ1v) is 21.6. The van der Waals surface area contributed by atoms with E-state index in [4.69, 9.17) is 18.9 Å². The van der Waals surface area contributed by atoms with Gasteiger partial charge in [-0.1, -0.05) is 56.8 Å². The summed E-state index contributed by atoms with van der Waals surface area (Å²) in [6.07, 6.45) is 0.422. The Morgan fingerprint density at radius 1 is 0.984 bits per heavy atom. The molecule has 4 heterocycles. The van der Waals surface area contributed by atoms with E-state index in [0.29, 0.717) is 42.9 Å². The number of likely N-dealkylation sites (tertiary alicyclic amines) is 1. The summed E-state index contributed by atoms with van der Waals surface area (Å²) in [7, 11) is 0. The summed E-state index contributed by atoms with van der Waals surface area (Å²) in [6.45, 7) is 10.5. The quantitative estimate of drug-likeness (QED) is 0.0463. The van der Waals surface area contributed by atoms with E-state index in [-0.39, 0.29) is 50.4 Å². The highest BCUT2D eigenvalue weighted by atomic mass is 32.2. The van der Waals surface area contributed by atoms with Gasteiger partial charge in [0.2, 0.25) is 17.7 Å². The van der Waals surface area contributed by atoms with E-state index in [1.165, 1.54) is 28.9 Å². The molecule has 0 bridgehead atoms. The van der Waals surface area contributed by atoms with Crippen molar-refractivity contribution in [1.29, 1.82) is 0 Å². The third kappa shape index (κ3) is 12.0. The zero-order valence-electron chi connectivity index (χ0n) is 34.7. The summed E-state index contributed by atoms with van der Waals surface area (Å²) < 4.78 is 22.5. The van der Waals surface area contributed by atoms with Crippen molar-refractivity contribution in [3.8, 4) is 16.2 Å². The Bertz CT molecular complexity index is 2180. The Balaban J connectivity index is 0.865. The van der Waals surface area contributed by atoms with Crippen LogP contribution in [-0.2, 0) is 28.6 Å². The van der Waals surface area contributed by atoms with Crippen LogP contribution >= 0.6 is 23.1 Å². The molecule has 1 fully saturated rings.